The van der Waals surface area contributed by atoms with E-state index in [9.17, 15) is 18.0 Å². The zero-order valence-electron chi connectivity index (χ0n) is 19.5. The van der Waals surface area contributed by atoms with Gasteiger partial charge in [0.25, 0.3) is 0 Å². The standard InChI is InChI=1S/C24H23ClF3N7O2/c25-19-10-16(2-3-22(19)37-24(26,27)28)13-30-6-1-5-29-7-4-23(36)33-20-11-17(35-9-8-31-15-35)12-21-18(20)14-32-34-21/h2-3,10-12,14-15,29-30H,1,4-7,13H2,(H,32,34)(H,33,36). The number of alkyl halides is 3. The molecule has 0 bridgehead atoms. The third-order valence-corrected chi connectivity index (χ3v) is 5.59. The van der Waals surface area contributed by atoms with Crippen LogP contribution in [0.15, 0.2) is 42.9 Å². The van der Waals surface area contributed by atoms with Gasteiger partial charge in [0.1, 0.15) is 12.1 Å². The van der Waals surface area contributed by atoms with E-state index in [4.69, 9.17) is 11.6 Å². The van der Waals surface area contributed by atoms with Crippen LogP contribution >= 0.6 is 11.6 Å². The lowest BCUT2D eigenvalue weighted by atomic mass is 10.2. The number of nitrogens with one attached hydrogen (secondary N) is 4. The van der Waals surface area contributed by atoms with Crippen LogP contribution < -0.4 is 20.7 Å². The molecule has 0 atom stereocenters. The minimum Gasteiger partial charge on any atom is -0.404 e. The number of carbonyl (C=O) groups excluding carboxylic acids is 1. The number of rotatable bonds is 12. The Labute approximate surface area is 215 Å². The van der Waals surface area contributed by atoms with Gasteiger partial charge in [-0.2, -0.15) is 10.1 Å². The first-order valence-corrected chi connectivity index (χ1v) is 11.7. The van der Waals surface area contributed by atoms with Crippen molar-refractivity contribution in [3.05, 3.63) is 65.8 Å². The van der Waals surface area contributed by atoms with Gasteiger partial charge in [-0.15, -0.1) is 13.2 Å². The maximum Gasteiger partial charge on any atom is 0.573 e. The molecule has 2 aromatic heterocycles. The largest absolute Gasteiger partial charge is 0.573 e. The van der Waals surface area contributed by atoms with Crippen LogP contribution in [0.25, 0.3) is 16.6 Å². The number of H-pyrrole nitrogens is 1. The second-order valence-electron chi connectivity index (χ2n) is 8.05. The summed E-state index contributed by atoms with van der Waals surface area (Å²) < 4.78 is 42.5. The molecule has 1 amide bonds. The molecule has 2 heterocycles. The smallest absolute Gasteiger partial charge is 0.404 e. The number of aromatic nitrogens is 4. The first-order valence-electron chi connectivity index (χ1n) is 11.3. The highest BCUT2D eigenvalue weighted by Gasteiger charge is 2.32. The number of hydrogen-bond acceptors (Lipinski definition) is 6. The van der Waals surface area contributed by atoms with Gasteiger partial charge in [0.05, 0.1) is 34.3 Å². The van der Waals surface area contributed by atoms with E-state index in [2.05, 4.69) is 48.3 Å². The summed E-state index contributed by atoms with van der Waals surface area (Å²) in [5.41, 5.74) is 2.91. The van der Waals surface area contributed by atoms with Crippen molar-refractivity contribution < 1.29 is 22.7 Å². The number of ether oxygens (including phenoxy) is 1. The van der Waals surface area contributed by atoms with Crippen molar-refractivity contribution >= 4 is 34.1 Å². The molecule has 194 valence electrons. The van der Waals surface area contributed by atoms with Crippen molar-refractivity contribution in [2.24, 2.45) is 0 Å². The summed E-state index contributed by atoms with van der Waals surface area (Å²) in [6.07, 6.45) is 4.98. The molecule has 0 aliphatic rings. The summed E-state index contributed by atoms with van der Waals surface area (Å²) >= 11 is 5.86. The minimum absolute atomic E-state index is 0.102. The Kier molecular flexibility index (Phi) is 8.50. The first kappa shape index (κ1) is 26.3. The summed E-state index contributed by atoms with van der Waals surface area (Å²) in [6.45, 7) is 2.31. The normalized spacial score (nSPS) is 11.5. The molecule has 0 unspecified atom stereocenters. The van der Waals surface area contributed by atoms with Gasteiger partial charge in [0.2, 0.25) is 5.91 Å². The Balaban J connectivity index is 1.14. The predicted molar refractivity (Wildman–Crippen MR) is 131 cm³/mol. The summed E-state index contributed by atoms with van der Waals surface area (Å²) in [4.78, 5) is 16.4. The number of amides is 1. The van der Waals surface area contributed by atoms with Crippen LogP contribution in [-0.4, -0.2) is 51.7 Å². The van der Waals surface area contributed by atoms with Crippen molar-refractivity contribution in [1.29, 1.82) is 0 Å². The highest BCUT2D eigenvalue weighted by molar-refractivity contribution is 6.32. The number of carbonyl (C=O) groups is 1. The highest BCUT2D eigenvalue weighted by Crippen LogP contribution is 2.30. The van der Waals surface area contributed by atoms with Crippen LogP contribution in [0.1, 0.15) is 18.4 Å². The second kappa shape index (κ2) is 12.0. The topological polar surface area (TPSA) is 109 Å². The maximum atomic E-state index is 12.5. The van der Waals surface area contributed by atoms with E-state index in [1.165, 1.54) is 18.2 Å². The molecule has 0 spiro atoms. The van der Waals surface area contributed by atoms with E-state index in [-0.39, 0.29) is 17.4 Å². The van der Waals surface area contributed by atoms with Gasteiger partial charge in [-0.05, 0) is 49.3 Å². The quantitative estimate of drug-likeness (QED) is 0.205. The summed E-state index contributed by atoms with van der Waals surface area (Å²) in [7, 11) is 0. The number of aromatic amines is 1. The average Bonchev–Trinajstić information content (AvgIpc) is 3.54. The Bertz CT molecular complexity index is 1330. The third kappa shape index (κ3) is 7.60. The molecule has 4 aromatic rings. The molecule has 4 rings (SSSR count). The maximum absolute atomic E-state index is 12.5. The van der Waals surface area contributed by atoms with Gasteiger partial charge in [-0.25, -0.2) is 0 Å². The lowest BCUT2D eigenvalue weighted by Crippen LogP contribution is -2.25. The number of fused-ring (bicyclic) bond motifs is 1. The zero-order valence-corrected chi connectivity index (χ0v) is 20.2. The van der Waals surface area contributed by atoms with Crippen LogP contribution in [0, 0.1) is 12.4 Å². The second-order valence-corrected chi connectivity index (χ2v) is 8.46. The van der Waals surface area contributed by atoms with Gasteiger partial charge >= 0.3 is 6.36 Å². The van der Waals surface area contributed by atoms with Crippen molar-refractivity contribution in [2.45, 2.75) is 25.7 Å². The molecular formula is C24H23ClF3N7O2. The summed E-state index contributed by atoms with van der Waals surface area (Å²) in [6, 6.07) is 7.86. The van der Waals surface area contributed by atoms with E-state index in [0.29, 0.717) is 31.9 Å². The Hall–Kier alpha value is -3.79. The summed E-state index contributed by atoms with van der Waals surface area (Å²) in [5.74, 6) is -0.565. The van der Waals surface area contributed by atoms with Crippen molar-refractivity contribution in [2.75, 3.05) is 25.0 Å². The van der Waals surface area contributed by atoms with Gasteiger partial charge in [0, 0.05) is 31.1 Å². The fourth-order valence-electron chi connectivity index (χ4n) is 3.58. The highest BCUT2D eigenvalue weighted by atomic mass is 35.5. The molecule has 0 saturated heterocycles. The molecule has 4 N–H and O–H groups in total. The Morgan fingerprint density at radius 1 is 1.16 bits per heavy atom. The SMILES string of the molecule is O=C(CCNCCCNCc1ccc(OC(F)(F)F)c(Cl)c1)Nc1cc(-n2c#cnc2)cc2[nH]ncc12. The monoisotopic (exact) mass is 533 g/mol. The number of benzene rings is 2. The number of anilines is 1. The predicted octanol–water partition coefficient (Wildman–Crippen LogP) is 4.00. The fourth-order valence-corrected chi connectivity index (χ4v) is 3.82. The molecule has 13 heteroatoms. The Morgan fingerprint density at radius 3 is 2.76 bits per heavy atom. The number of nitrogens with zero attached hydrogens (tertiary/aromatic N) is 3. The van der Waals surface area contributed by atoms with Gasteiger partial charge in [-0.3, -0.25) is 14.5 Å². The van der Waals surface area contributed by atoms with Crippen LogP contribution in [0.5, 0.6) is 5.75 Å². The van der Waals surface area contributed by atoms with Gasteiger partial charge in [0.15, 0.2) is 0 Å². The lowest BCUT2D eigenvalue weighted by Gasteiger charge is -2.12. The lowest BCUT2D eigenvalue weighted by molar-refractivity contribution is -0.274. The summed E-state index contributed by atoms with van der Waals surface area (Å²) in [5, 5.41) is 17.0. The van der Waals surface area contributed by atoms with E-state index in [1.54, 1.807) is 17.1 Å². The molecule has 0 fully saturated rings. The van der Waals surface area contributed by atoms with E-state index in [1.807, 2.05) is 12.1 Å². The molecule has 2 aromatic carbocycles. The molecule has 9 nitrogen and oxygen atoms in total. The number of halogens is 4. The van der Waals surface area contributed by atoms with Crippen molar-refractivity contribution in [3.63, 3.8) is 0 Å². The van der Waals surface area contributed by atoms with Crippen LogP contribution in [0.2, 0.25) is 5.02 Å². The molecule has 0 aliphatic heterocycles. The molecule has 0 saturated carbocycles. The first-order chi connectivity index (χ1) is 17.8. The van der Waals surface area contributed by atoms with Crippen LogP contribution in [-0.2, 0) is 11.3 Å². The van der Waals surface area contributed by atoms with Gasteiger partial charge in [-0.1, -0.05) is 17.7 Å². The zero-order chi connectivity index (χ0) is 26.3. The minimum atomic E-state index is -4.78. The van der Waals surface area contributed by atoms with E-state index in [0.717, 1.165) is 28.6 Å². The third-order valence-electron chi connectivity index (χ3n) is 5.29. The fraction of sp³-hybridized carbons (Fsp3) is 0.292. The van der Waals surface area contributed by atoms with Gasteiger partial charge < -0.3 is 20.7 Å². The van der Waals surface area contributed by atoms with E-state index < -0.39 is 12.1 Å². The van der Waals surface area contributed by atoms with Crippen LogP contribution in [0.3, 0.4) is 0 Å². The molecular weight excluding hydrogens is 511 g/mol. The number of hydrogen-bond donors (Lipinski definition) is 4. The molecule has 37 heavy (non-hydrogen) atoms. The van der Waals surface area contributed by atoms with Crippen molar-refractivity contribution in [1.82, 2.24) is 30.4 Å². The molecule has 0 radical (unpaired) electrons. The Morgan fingerprint density at radius 2 is 2.00 bits per heavy atom. The van der Waals surface area contributed by atoms with Crippen molar-refractivity contribution in [3.8, 4) is 11.4 Å². The van der Waals surface area contributed by atoms with E-state index >= 15 is 0 Å². The average molecular weight is 534 g/mol. The van der Waals surface area contributed by atoms with Crippen LogP contribution in [0.4, 0.5) is 18.9 Å². The molecule has 0 aliphatic carbocycles.